The topological polar surface area (TPSA) is 42.4 Å². The van der Waals surface area contributed by atoms with Gasteiger partial charge in [0.05, 0.1) is 6.20 Å². The molecule has 0 saturated heterocycles. The van der Waals surface area contributed by atoms with Gasteiger partial charge in [0.15, 0.2) is 5.75 Å². The first kappa shape index (κ1) is 9.18. The number of pyridine rings is 1. The standard InChI is InChI=1S/C6H4BrF2NO2/c7-5-4(11)1-3(2-10-5)12-6(8)9/h1-2,6,11H. The number of hydrogen-bond donors (Lipinski definition) is 1. The summed E-state index contributed by atoms with van der Waals surface area (Å²) < 4.78 is 27.4. The molecule has 0 aliphatic heterocycles. The van der Waals surface area contributed by atoms with Gasteiger partial charge in [0.2, 0.25) is 0 Å². The molecule has 6 heteroatoms. The van der Waals surface area contributed by atoms with E-state index in [-0.39, 0.29) is 16.1 Å². The van der Waals surface area contributed by atoms with Crippen molar-refractivity contribution in [2.75, 3.05) is 0 Å². The third kappa shape index (κ3) is 2.30. The van der Waals surface area contributed by atoms with E-state index in [0.29, 0.717) is 0 Å². The maximum absolute atomic E-state index is 11.6. The largest absolute Gasteiger partial charge is 0.505 e. The van der Waals surface area contributed by atoms with Gasteiger partial charge in [-0.25, -0.2) is 4.98 Å². The number of hydrogen-bond acceptors (Lipinski definition) is 3. The lowest BCUT2D eigenvalue weighted by Crippen LogP contribution is -2.01. The van der Waals surface area contributed by atoms with Gasteiger partial charge >= 0.3 is 6.61 Å². The Morgan fingerprint density at radius 1 is 1.58 bits per heavy atom. The molecule has 66 valence electrons. The number of nitrogens with zero attached hydrogens (tertiary/aromatic N) is 1. The van der Waals surface area contributed by atoms with E-state index in [9.17, 15) is 8.78 Å². The van der Waals surface area contributed by atoms with Gasteiger partial charge in [0, 0.05) is 6.07 Å². The third-order valence-electron chi connectivity index (χ3n) is 1.02. The molecule has 0 radical (unpaired) electrons. The van der Waals surface area contributed by atoms with Crippen molar-refractivity contribution in [1.82, 2.24) is 4.98 Å². The lowest BCUT2D eigenvalue weighted by atomic mass is 10.4. The molecule has 1 N–H and O–H groups in total. The van der Waals surface area contributed by atoms with Gasteiger partial charge in [-0.05, 0) is 15.9 Å². The van der Waals surface area contributed by atoms with Gasteiger partial charge in [-0.3, -0.25) is 0 Å². The van der Waals surface area contributed by atoms with Crippen molar-refractivity contribution in [2.45, 2.75) is 6.61 Å². The zero-order chi connectivity index (χ0) is 9.14. The first-order valence-electron chi connectivity index (χ1n) is 2.89. The van der Waals surface area contributed by atoms with Crippen LogP contribution in [0, 0.1) is 0 Å². The average Bonchev–Trinajstić information content (AvgIpc) is 1.96. The Bertz CT molecular complexity index is 282. The van der Waals surface area contributed by atoms with Gasteiger partial charge in [0.1, 0.15) is 10.4 Å². The molecule has 0 atom stereocenters. The fourth-order valence-corrected chi connectivity index (χ4v) is 0.802. The van der Waals surface area contributed by atoms with Crippen LogP contribution in [-0.2, 0) is 0 Å². The van der Waals surface area contributed by atoms with Crippen molar-refractivity contribution < 1.29 is 18.6 Å². The molecule has 0 unspecified atom stereocenters. The van der Waals surface area contributed by atoms with Gasteiger partial charge in [-0.15, -0.1) is 0 Å². The number of halogens is 3. The number of aromatic hydroxyl groups is 1. The summed E-state index contributed by atoms with van der Waals surface area (Å²) in [7, 11) is 0. The maximum Gasteiger partial charge on any atom is 0.387 e. The van der Waals surface area contributed by atoms with E-state index >= 15 is 0 Å². The Labute approximate surface area is 75.1 Å². The van der Waals surface area contributed by atoms with E-state index in [1.165, 1.54) is 0 Å². The van der Waals surface area contributed by atoms with Crippen LogP contribution in [0.15, 0.2) is 16.9 Å². The summed E-state index contributed by atoms with van der Waals surface area (Å²) in [5.74, 6) is -0.418. The molecule has 1 rings (SSSR count). The molecule has 0 aliphatic rings. The van der Waals surface area contributed by atoms with Crippen LogP contribution in [0.1, 0.15) is 0 Å². The van der Waals surface area contributed by atoms with Gasteiger partial charge in [0.25, 0.3) is 0 Å². The Morgan fingerprint density at radius 3 is 2.75 bits per heavy atom. The van der Waals surface area contributed by atoms with E-state index in [4.69, 9.17) is 5.11 Å². The van der Waals surface area contributed by atoms with Crippen molar-refractivity contribution in [3.63, 3.8) is 0 Å². The van der Waals surface area contributed by atoms with Crippen molar-refractivity contribution in [2.24, 2.45) is 0 Å². The quantitative estimate of drug-likeness (QED) is 0.805. The fraction of sp³-hybridized carbons (Fsp3) is 0.167. The summed E-state index contributed by atoms with van der Waals surface area (Å²) in [4.78, 5) is 3.54. The van der Waals surface area contributed by atoms with Gasteiger partial charge in [-0.1, -0.05) is 0 Å². The smallest absolute Gasteiger partial charge is 0.387 e. The number of alkyl halides is 2. The Hall–Kier alpha value is -0.910. The van der Waals surface area contributed by atoms with Crippen molar-refractivity contribution in [3.05, 3.63) is 16.9 Å². The molecular formula is C6H4BrF2NO2. The maximum atomic E-state index is 11.6. The second-order valence-electron chi connectivity index (χ2n) is 1.86. The summed E-state index contributed by atoms with van der Waals surface area (Å²) in [5.41, 5.74) is 0. The zero-order valence-electron chi connectivity index (χ0n) is 5.67. The molecule has 3 nitrogen and oxygen atoms in total. The molecule has 0 saturated carbocycles. The minimum absolute atomic E-state index is 0.175. The Morgan fingerprint density at radius 2 is 2.25 bits per heavy atom. The third-order valence-corrected chi connectivity index (χ3v) is 1.63. The van der Waals surface area contributed by atoms with Gasteiger partial charge < -0.3 is 9.84 Å². The molecule has 0 aliphatic carbocycles. The highest BCUT2D eigenvalue weighted by atomic mass is 79.9. The van der Waals surface area contributed by atoms with Crippen LogP contribution in [0.25, 0.3) is 0 Å². The molecule has 0 aromatic carbocycles. The summed E-state index contributed by atoms with van der Waals surface area (Å²) in [6.07, 6.45) is 1.08. The second-order valence-corrected chi connectivity index (χ2v) is 2.61. The van der Waals surface area contributed by atoms with Crippen LogP contribution in [0.5, 0.6) is 11.5 Å². The minimum atomic E-state index is -2.91. The average molecular weight is 240 g/mol. The van der Waals surface area contributed by atoms with Crippen LogP contribution in [-0.4, -0.2) is 16.7 Å². The monoisotopic (exact) mass is 239 g/mol. The lowest BCUT2D eigenvalue weighted by molar-refractivity contribution is -0.0501. The van der Waals surface area contributed by atoms with E-state index in [1.807, 2.05) is 0 Å². The Kier molecular flexibility index (Phi) is 2.80. The highest BCUT2D eigenvalue weighted by Gasteiger charge is 2.06. The lowest BCUT2D eigenvalue weighted by Gasteiger charge is -2.03. The zero-order valence-corrected chi connectivity index (χ0v) is 7.25. The van der Waals surface area contributed by atoms with Crippen molar-refractivity contribution in [1.29, 1.82) is 0 Å². The number of rotatable bonds is 2. The normalized spacial score (nSPS) is 10.3. The van der Waals surface area contributed by atoms with Gasteiger partial charge in [-0.2, -0.15) is 8.78 Å². The van der Waals surface area contributed by atoms with Crippen LogP contribution in [0.3, 0.4) is 0 Å². The number of aromatic nitrogens is 1. The molecule has 0 spiro atoms. The highest BCUT2D eigenvalue weighted by Crippen LogP contribution is 2.25. The molecule has 1 aromatic rings. The molecule has 1 aromatic heterocycles. The fourth-order valence-electron chi connectivity index (χ4n) is 0.585. The molecule has 0 amide bonds. The van der Waals surface area contributed by atoms with E-state index in [2.05, 4.69) is 25.7 Å². The molecule has 1 heterocycles. The summed E-state index contributed by atoms with van der Waals surface area (Å²) in [5, 5.41) is 8.98. The first-order valence-corrected chi connectivity index (χ1v) is 3.68. The van der Waals surface area contributed by atoms with Crippen LogP contribution >= 0.6 is 15.9 Å². The molecule has 0 bridgehead atoms. The summed E-state index contributed by atoms with van der Waals surface area (Å²) >= 11 is 2.89. The highest BCUT2D eigenvalue weighted by molar-refractivity contribution is 9.10. The minimum Gasteiger partial charge on any atom is -0.505 e. The van der Waals surface area contributed by atoms with Crippen LogP contribution < -0.4 is 4.74 Å². The van der Waals surface area contributed by atoms with Crippen LogP contribution in [0.4, 0.5) is 8.78 Å². The first-order chi connectivity index (χ1) is 5.59. The van der Waals surface area contributed by atoms with E-state index < -0.39 is 6.61 Å². The molecule has 12 heavy (non-hydrogen) atoms. The SMILES string of the molecule is Oc1cc(OC(F)F)cnc1Br. The summed E-state index contributed by atoms with van der Waals surface area (Å²) in [6, 6.07) is 1.04. The predicted molar refractivity (Wildman–Crippen MR) is 40.2 cm³/mol. The second kappa shape index (κ2) is 3.66. The van der Waals surface area contributed by atoms with E-state index in [1.54, 1.807) is 0 Å². The predicted octanol–water partition coefficient (Wildman–Crippen LogP) is 2.15. The summed E-state index contributed by atoms with van der Waals surface area (Å²) in [6.45, 7) is -2.91. The Balaban J connectivity index is 2.82. The van der Waals surface area contributed by atoms with Crippen molar-refractivity contribution in [3.8, 4) is 11.5 Å². The number of ether oxygens (including phenoxy) is 1. The van der Waals surface area contributed by atoms with Crippen molar-refractivity contribution >= 4 is 15.9 Å². The molecule has 0 fully saturated rings. The van der Waals surface area contributed by atoms with E-state index in [0.717, 1.165) is 12.3 Å². The van der Waals surface area contributed by atoms with Crippen LogP contribution in [0.2, 0.25) is 0 Å². The molecular weight excluding hydrogens is 236 g/mol.